The molecule has 4 nitrogen and oxygen atoms in total. The topological polar surface area (TPSA) is 72.5 Å². The fraction of sp³-hybridized carbons (Fsp3) is 0.909. The van der Waals surface area contributed by atoms with Gasteiger partial charge in [-0.1, -0.05) is 13.8 Å². The summed E-state index contributed by atoms with van der Waals surface area (Å²) in [5.74, 6) is -0.286. The van der Waals surface area contributed by atoms with Gasteiger partial charge < -0.3 is 15.6 Å². The van der Waals surface area contributed by atoms with Gasteiger partial charge in [0.15, 0.2) is 0 Å². The van der Waals surface area contributed by atoms with Gasteiger partial charge in [-0.05, 0) is 25.2 Å². The number of hydrogen-bond donors (Lipinski definition) is 2. The Morgan fingerprint density at radius 1 is 1.67 bits per heavy atom. The van der Waals surface area contributed by atoms with Crippen molar-refractivity contribution in [3.8, 4) is 0 Å². The van der Waals surface area contributed by atoms with Crippen LogP contribution >= 0.6 is 0 Å². The maximum atomic E-state index is 10.9. The fourth-order valence-electron chi connectivity index (χ4n) is 1.84. The zero-order valence-corrected chi connectivity index (χ0v) is 9.53. The molecule has 2 atom stereocenters. The van der Waals surface area contributed by atoms with Gasteiger partial charge in [-0.2, -0.15) is 0 Å². The van der Waals surface area contributed by atoms with Crippen LogP contribution in [0, 0.1) is 5.92 Å². The number of carboxylic acids is 1. The maximum absolute atomic E-state index is 10.9. The molecule has 4 heteroatoms. The van der Waals surface area contributed by atoms with E-state index in [0.29, 0.717) is 25.4 Å². The van der Waals surface area contributed by atoms with Gasteiger partial charge in [0, 0.05) is 13.0 Å². The third-order valence-corrected chi connectivity index (χ3v) is 2.98. The van der Waals surface area contributed by atoms with Crippen molar-refractivity contribution >= 4 is 5.97 Å². The lowest BCUT2D eigenvalue weighted by Crippen LogP contribution is -2.45. The molecule has 0 aromatic heterocycles. The van der Waals surface area contributed by atoms with E-state index in [1.54, 1.807) is 0 Å². The second-order valence-electron chi connectivity index (χ2n) is 4.88. The molecule has 0 aromatic carbocycles. The minimum atomic E-state index is -1.05. The average Bonchev–Trinajstić information content (AvgIpc) is 2.48. The van der Waals surface area contributed by atoms with Crippen LogP contribution in [0.5, 0.6) is 0 Å². The van der Waals surface area contributed by atoms with Crippen molar-refractivity contribution in [2.45, 2.75) is 51.2 Å². The van der Waals surface area contributed by atoms with Crippen molar-refractivity contribution < 1.29 is 14.6 Å². The Hall–Kier alpha value is -0.610. The molecule has 15 heavy (non-hydrogen) atoms. The molecule has 1 aliphatic rings. The van der Waals surface area contributed by atoms with Crippen LogP contribution in [0.2, 0.25) is 0 Å². The van der Waals surface area contributed by atoms with Gasteiger partial charge >= 0.3 is 5.97 Å². The smallest absolute Gasteiger partial charge is 0.323 e. The number of rotatable bonds is 5. The van der Waals surface area contributed by atoms with E-state index < -0.39 is 11.5 Å². The number of aliphatic carboxylic acids is 1. The van der Waals surface area contributed by atoms with Crippen LogP contribution in [0.4, 0.5) is 0 Å². The summed E-state index contributed by atoms with van der Waals surface area (Å²) in [6.07, 6.45) is 2.78. The summed E-state index contributed by atoms with van der Waals surface area (Å²) in [6.45, 7) is 4.99. The Kier molecular flexibility index (Phi) is 4.11. The summed E-state index contributed by atoms with van der Waals surface area (Å²) in [5, 5.41) is 8.92. The van der Waals surface area contributed by atoms with E-state index in [1.165, 1.54) is 0 Å². The molecule has 1 fully saturated rings. The van der Waals surface area contributed by atoms with Crippen molar-refractivity contribution in [3.05, 3.63) is 0 Å². The van der Waals surface area contributed by atoms with Gasteiger partial charge in [-0.25, -0.2) is 0 Å². The molecule has 0 aliphatic heterocycles. The van der Waals surface area contributed by atoms with Gasteiger partial charge in [-0.3, -0.25) is 4.79 Å². The largest absolute Gasteiger partial charge is 0.480 e. The van der Waals surface area contributed by atoms with E-state index >= 15 is 0 Å². The first-order valence-corrected chi connectivity index (χ1v) is 5.58. The molecule has 0 radical (unpaired) electrons. The second-order valence-corrected chi connectivity index (χ2v) is 4.88. The zero-order chi connectivity index (χ0) is 11.5. The van der Waals surface area contributed by atoms with Crippen molar-refractivity contribution in [1.82, 2.24) is 0 Å². The summed E-state index contributed by atoms with van der Waals surface area (Å²) < 4.78 is 5.62. The summed E-state index contributed by atoms with van der Waals surface area (Å²) in [5.41, 5.74) is 4.69. The van der Waals surface area contributed by atoms with Gasteiger partial charge in [0.25, 0.3) is 0 Å². The van der Waals surface area contributed by atoms with Gasteiger partial charge in [0.2, 0.25) is 0 Å². The Bertz CT molecular complexity index is 230. The second kappa shape index (κ2) is 4.94. The lowest BCUT2D eigenvalue weighted by Gasteiger charge is -2.18. The van der Waals surface area contributed by atoms with Gasteiger partial charge in [-0.15, -0.1) is 0 Å². The lowest BCUT2D eigenvalue weighted by molar-refractivity contribution is -0.143. The minimum absolute atomic E-state index is 0.0323. The monoisotopic (exact) mass is 215 g/mol. The van der Waals surface area contributed by atoms with E-state index in [-0.39, 0.29) is 6.10 Å². The predicted octanol–water partition coefficient (Wildman–Crippen LogP) is 1.38. The first kappa shape index (κ1) is 12.5. The highest BCUT2D eigenvalue weighted by Crippen LogP contribution is 2.30. The van der Waals surface area contributed by atoms with Crippen molar-refractivity contribution in [2.24, 2.45) is 11.7 Å². The predicted molar refractivity (Wildman–Crippen MR) is 57.6 cm³/mol. The zero-order valence-electron chi connectivity index (χ0n) is 9.53. The number of hydrogen-bond acceptors (Lipinski definition) is 3. The molecular weight excluding hydrogens is 194 g/mol. The Morgan fingerprint density at radius 3 is 2.80 bits per heavy atom. The van der Waals surface area contributed by atoms with E-state index in [1.807, 2.05) is 0 Å². The van der Waals surface area contributed by atoms with E-state index in [0.717, 1.165) is 12.8 Å². The van der Waals surface area contributed by atoms with Crippen LogP contribution in [0.1, 0.15) is 39.5 Å². The Labute approximate surface area is 90.8 Å². The summed E-state index contributed by atoms with van der Waals surface area (Å²) in [7, 11) is 0. The van der Waals surface area contributed by atoms with Crippen LogP contribution in [-0.2, 0) is 9.53 Å². The lowest BCUT2D eigenvalue weighted by atomic mass is 10.00. The number of carbonyl (C=O) groups is 1. The van der Waals surface area contributed by atoms with Crippen LogP contribution in [0.25, 0.3) is 0 Å². The van der Waals surface area contributed by atoms with E-state index in [9.17, 15) is 4.79 Å². The molecule has 1 aliphatic carbocycles. The van der Waals surface area contributed by atoms with E-state index in [2.05, 4.69) is 13.8 Å². The molecule has 0 heterocycles. The number of ether oxygens (including phenoxy) is 1. The first-order valence-electron chi connectivity index (χ1n) is 5.58. The summed E-state index contributed by atoms with van der Waals surface area (Å²) >= 11 is 0. The highest BCUT2D eigenvalue weighted by molar-refractivity contribution is 5.78. The SMILES string of the molecule is CC(C)CCOC1CCC(N)(C(=O)O)C1. The first-order chi connectivity index (χ1) is 6.94. The normalized spacial score (nSPS) is 31.1. The van der Waals surface area contributed by atoms with Gasteiger partial charge in [0.05, 0.1) is 6.10 Å². The van der Waals surface area contributed by atoms with Crippen LogP contribution < -0.4 is 5.73 Å². The molecule has 3 N–H and O–H groups in total. The Balaban J connectivity index is 2.28. The molecule has 0 saturated heterocycles. The third kappa shape index (κ3) is 3.47. The Morgan fingerprint density at radius 2 is 2.33 bits per heavy atom. The molecular formula is C11H21NO3. The van der Waals surface area contributed by atoms with Crippen LogP contribution in [0.3, 0.4) is 0 Å². The number of carboxylic acid groups (broad SMARTS) is 1. The summed E-state index contributed by atoms with van der Waals surface area (Å²) in [6, 6.07) is 0. The third-order valence-electron chi connectivity index (χ3n) is 2.98. The van der Waals surface area contributed by atoms with Crippen molar-refractivity contribution in [3.63, 3.8) is 0 Å². The molecule has 0 spiro atoms. The molecule has 88 valence electrons. The van der Waals surface area contributed by atoms with Crippen molar-refractivity contribution in [2.75, 3.05) is 6.61 Å². The average molecular weight is 215 g/mol. The van der Waals surface area contributed by atoms with E-state index in [4.69, 9.17) is 15.6 Å². The molecule has 1 rings (SSSR count). The molecule has 0 aromatic rings. The minimum Gasteiger partial charge on any atom is -0.480 e. The quantitative estimate of drug-likeness (QED) is 0.726. The summed E-state index contributed by atoms with van der Waals surface area (Å²) in [4.78, 5) is 10.9. The maximum Gasteiger partial charge on any atom is 0.323 e. The van der Waals surface area contributed by atoms with Crippen LogP contribution in [-0.4, -0.2) is 29.3 Å². The highest BCUT2D eigenvalue weighted by Gasteiger charge is 2.42. The number of nitrogens with two attached hydrogens (primary N) is 1. The van der Waals surface area contributed by atoms with Gasteiger partial charge in [0.1, 0.15) is 5.54 Å². The fourth-order valence-corrected chi connectivity index (χ4v) is 1.84. The molecule has 2 unspecified atom stereocenters. The molecule has 0 bridgehead atoms. The molecule has 1 saturated carbocycles. The van der Waals surface area contributed by atoms with Crippen molar-refractivity contribution in [1.29, 1.82) is 0 Å². The standard InChI is InChI=1S/C11H21NO3/c1-8(2)4-6-15-9-3-5-11(12,7-9)10(13)14/h8-9H,3-7,12H2,1-2H3,(H,13,14). The highest BCUT2D eigenvalue weighted by atomic mass is 16.5. The molecule has 0 amide bonds. The van der Waals surface area contributed by atoms with Crippen LogP contribution in [0.15, 0.2) is 0 Å².